The van der Waals surface area contributed by atoms with Crippen molar-refractivity contribution in [1.82, 2.24) is 5.32 Å². The lowest BCUT2D eigenvalue weighted by molar-refractivity contribution is -0.274. The standard InChI is InChI=1S/C18H24F3N3O3.HI/c19-18(20,21)27-15-9-7-13(8-10-15)12-24-17(22)23-11-3-6-16(25)26-14-4-1-2-5-14;/h7-10,14H,1-6,11-12H2,(H3,22,23,24);1H. The number of hydrogen-bond acceptors (Lipinski definition) is 4. The highest BCUT2D eigenvalue weighted by Crippen LogP contribution is 2.23. The van der Waals surface area contributed by atoms with E-state index in [2.05, 4.69) is 15.0 Å². The maximum atomic E-state index is 12.1. The Morgan fingerprint density at radius 3 is 2.46 bits per heavy atom. The second-order valence-electron chi connectivity index (χ2n) is 6.32. The molecule has 6 nitrogen and oxygen atoms in total. The van der Waals surface area contributed by atoms with Crippen LogP contribution in [0.1, 0.15) is 44.1 Å². The monoisotopic (exact) mass is 515 g/mol. The summed E-state index contributed by atoms with van der Waals surface area (Å²) in [6.07, 6.45) is 0.389. The topological polar surface area (TPSA) is 85.9 Å². The predicted octanol–water partition coefficient (Wildman–Crippen LogP) is 3.87. The summed E-state index contributed by atoms with van der Waals surface area (Å²) >= 11 is 0. The fourth-order valence-corrected chi connectivity index (χ4v) is 2.73. The lowest BCUT2D eigenvalue weighted by Gasteiger charge is -2.11. The van der Waals surface area contributed by atoms with Crippen molar-refractivity contribution < 1.29 is 27.4 Å². The van der Waals surface area contributed by atoms with Gasteiger partial charge in [0.15, 0.2) is 5.96 Å². The molecule has 2 rings (SSSR count). The number of alkyl halides is 3. The van der Waals surface area contributed by atoms with E-state index in [0.29, 0.717) is 24.9 Å². The van der Waals surface area contributed by atoms with E-state index >= 15 is 0 Å². The molecular formula is C18H25F3IN3O3. The van der Waals surface area contributed by atoms with Crippen molar-refractivity contribution in [3.05, 3.63) is 29.8 Å². The van der Waals surface area contributed by atoms with Crippen molar-refractivity contribution in [3.63, 3.8) is 0 Å². The Morgan fingerprint density at radius 1 is 1.21 bits per heavy atom. The van der Waals surface area contributed by atoms with Crippen LogP contribution in [0.5, 0.6) is 5.75 Å². The Morgan fingerprint density at radius 2 is 1.86 bits per heavy atom. The van der Waals surface area contributed by atoms with Crippen molar-refractivity contribution in [2.45, 2.75) is 57.5 Å². The maximum Gasteiger partial charge on any atom is 0.573 e. The summed E-state index contributed by atoms with van der Waals surface area (Å²) in [5.74, 6) is -0.277. The van der Waals surface area contributed by atoms with Crippen LogP contribution in [-0.4, -0.2) is 30.9 Å². The molecule has 3 N–H and O–H groups in total. The third kappa shape index (κ3) is 10.00. The summed E-state index contributed by atoms with van der Waals surface area (Å²) < 4.78 is 45.4. The van der Waals surface area contributed by atoms with Crippen LogP contribution in [0.3, 0.4) is 0 Å². The van der Waals surface area contributed by atoms with Gasteiger partial charge in [-0.1, -0.05) is 12.1 Å². The minimum atomic E-state index is -4.71. The lowest BCUT2D eigenvalue weighted by atomic mass is 10.2. The van der Waals surface area contributed by atoms with E-state index in [1.54, 1.807) is 0 Å². The van der Waals surface area contributed by atoms with Crippen LogP contribution in [-0.2, 0) is 16.1 Å². The van der Waals surface area contributed by atoms with Gasteiger partial charge < -0.3 is 20.5 Å². The van der Waals surface area contributed by atoms with E-state index in [1.165, 1.54) is 24.3 Å². The van der Waals surface area contributed by atoms with Gasteiger partial charge in [-0.3, -0.25) is 4.79 Å². The van der Waals surface area contributed by atoms with Gasteiger partial charge in [0.05, 0.1) is 6.54 Å². The fraction of sp³-hybridized carbons (Fsp3) is 0.556. The highest BCUT2D eigenvalue weighted by atomic mass is 127. The van der Waals surface area contributed by atoms with Crippen LogP contribution < -0.4 is 15.8 Å². The maximum absolute atomic E-state index is 12.1. The van der Waals surface area contributed by atoms with E-state index in [0.717, 1.165) is 25.7 Å². The van der Waals surface area contributed by atoms with Gasteiger partial charge in [-0.15, -0.1) is 37.1 Å². The van der Waals surface area contributed by atoms with Crippen LogP contribution in [0.4, 0.5) is 13.2 Å². The van der Waals surface area contributed by atoms with Gasteiger partial charge >= 0.3 is 12.3 Å². The molecule has 0 aromatic heterocycles. The molecule has 28 heavy (non-hydrogen) atoms. The van der Waals surface area contributed by atoms with Crippen molar-refractivity contribution in [2.24, 2.45) is 10.7 Å². The molecule has 1 aliphatic carbocycles. The Kier molecular flexibility index (Phi) is 10.4. The largest absolute Gasteiger partial charge is 0.573 e. The normalized spacial score (nSPS) is 15.0. The number of hydrogen-bond donors (Lipinski definition) is 2. The zero-order valence-electron chi connectivity index (χ0n) is 15.3. The number of rotatable bonds is 8. The minimum Gasteiger partial charge on any atom is -0.462 e. The number of halogens is 4. The smallest absolute Gasteiger partial charge is 0.462 e. The van der Waals surface area contributed by atoms with Gasteiger partial charge in [0.2, 0.25) is 0 Å². The van der Waals surface area contributed by atoms with Crippen LogP contribution in [0.2, 0.25) is 0 Å². The number of esters is 1. The molecule has 0 unspecified atom stereocenters. The van der Waals surface area contributed by atoms with Gasteiger partial charge in [0, 0.05) is 13.0 Å². The Bertz CT molecular complexity index is 633. The van der Waals surface area contributed by atoms with Gasteiger partial charge in [-0.25, -0.2) is 4.99 Å². The summed E-state index contributed by atoms with van der Waals surface area (Å²) in [4.78, 5) is 15.8. The molecule has 158 valence electrons. The van der Waals surface area contributed by atoms with E-state index in [9.17, 15) is 18.0 Å². The molecule has 10 heteroatoms. The number of nitrogens with two attached hydrogens (primary N) is 1. The first-order valence-corrected chi connectivity index (χ1v) is 8.90. The molecule has 0 atom stereocenters. The van der Waals surface area contributed by atoms with Gasteiger partial charge in [0.25, 0.3) is 0 Å². The van der Waals surface area contributed by atoms with Crippen molar-refractivity contribution in [3.8, 4) is 5.75 Å². The van der Waals surface area contributed by atoms with E-state index in [4.69, 9.17) is 10.5 Å². The molecule has 1 saturated carbocycles. The average Bonchev–Trinajstić information content (AvgIpc) is 3.09. The summed E-state index contributed by atoms with van der Waals surface area (Å²) in [6.45, 7) is 0.697. The number of carbonyl (C=O) groups is 1. The molecule has 0 amide bonds. The number of nitrogens with zero attached hydrogens (tertiary/aromatic N) is 1. The molecule has 0 radical (unpaired) electrons. The molecule has 0 bridgehead atoms. The molecule has 0 saturated heterocycles. The fourth-order valence-electron chi connectivity index (χ4n) is 2.73. The Balaban J connectivity index is 0.00000392. The molecular weight excluding hydrogens is 490 g/mol. The number of carbonyl (C=O) groups excluding carboxylic acids is 1. The van der Waals surface area contributed by atoms with Gasteiger partial charge in [-0.05, 0) is 49.8 Å². The van der Waals surface area contributed by atoms with E-state index < -0.39 is 6.36 Å². The quantitative estimate of drug-likeness (QED) is 0.181. The first-order chi connectivity index (χ1) is 12.8. The van der Waals surface area contributed by atoms with Crippen LogP contribution in [0, 0.1) is 0 Å². The third-order valence-corrected chi connectivity index (χ3v) is 4.05. The second kappa shape index (κ2) is 12.0. The molecule has 0 aliphatic heterocycles. The molecule has 0 heterocycles. The first-order valence-electron chi connectivity index (χ1n) is 8.90. The zero-order valence-corrected chi connectivity index (χ0v) is 17.7. The van der Waals surface area contributed by atoms with Crippen LogP contribution in [0.15, 0.2) is 29.3 Å². The SMILES string of the molecule is I.NC(=NCc1ccc(OC(F)(F)F)cc1)NCCCC(=O)OC1CCCC1. The number of nitrogens with one attached hydrogen (secondary N) is 1. The molecule has 1 aromatic rings. The number of ether oxygens (including phenoxy) is 2. The number of benzene rings is 1. The molecule has 1 aliphatic rings. The first kappa shape index (κ1) is 24.3. The highest BCUT2D eigenvalue weighted by molar-refractivity contribution is 14.0. The summed E-state index contributed by atoms with van der Waals surface area (Å²) in [5.41, 5.74) is 6.42. The third-order valence-electron chi connectivity index (χ3n) is 4.05. The van der Waals surface area contributed by atoms with Crippen molar-refractivity contribution >= 4 is 35.9 Å². The number of aliphatic imine (C=N–C) groups is 1. The highest BCUT2D eigenvalue weighted by Gasteiger charge is 2.30. The van der Waals surface area contributed by atoms with Crippen LogP contribution in [0.25, 0.3) is 0 Å². The summed E-state index contributed by atoms with van der Waals surface area (Å²) in [5, 5.41) is 2.89. The van der Waals surface area contributed by atoms with Crippen LogP contribution >= 0.6 is 24.0 Å². The average molecular weight is 515 g/mol. The number of guanidine groups is 1. The van der Waals surface area contributed by atoms with Crippen molar-refractivity contribution in [2.75, 3.05) is 6.54 Å². The molecule has 0 spiro atoms. The summed E-state index contributed by atoms with van der Waals surface area (Å²) in [7, 11) is 0. The Hall–Kier alpha value is -1.72. The lowest BCUT2D eigenvalue weighted by Crippen LogP contribution is -2.32. The summed E-state index contributed by atoms with van der Waals surface area (Å²) in [6, 6.07) is 5.41. The second-order valence-corrected chi connectivity index (χ2v) is 6.32. The van der Waals surface area contributed by atoms with Crippen molar-refractivity contribution in [1.29, 1.82) is 0 Å². The molecule has 1 aromatic carbocycles. The minimum absolute atomic E-state index is 0. The molecule has 1 fully saturated rings. The van der Waals surface area contributed by atoms with Gasteiger partial charge in [0.1, 0.15) is 11.9 Å². The van der Waals surface area contributed by atoms with Gasteiger partial charge in [-0.2, -0.15) is 0 Å². The Labute approximate surface area is 179 Å². The van der Waals surface area contributed by atoms with E-state index in [1.807, 2.05) is 0 Å². The zero-order chi connectivity index (χ0) is 19.7. The predicted molar refractivity (Wildman–Crippen MR) is 109 cm³/mol. The van der Waals surface area contributed by atoms with E-state index in [-0.39, 0.29) is 54.3 Å².